The van der Waals surface area contributed by atoms with Gasteiger partial charge in [-0.2, -0.15) is 0 Å². The van der Waals surface area contributed by atoms with E-state index >= 15 is 0 Å². The van der Waals surface area contributed by atoms with E-state index in [-0.39, 0.29) is 11.8 Å². The number of amides is 1. The van der Waals surface area contributed by atoms with E-state index in [0.29, 0.717) is 5.56 Å². The van der Waals surface area contributed by atoms with E-state index in [1.165, 1.54) is 6.42 Å². The fraction of sp³-hybridized carbons (Fsp3) is 0.500. The van der Waals surface area contributed by atoms with Crippen LogP contribution in [0.15, 0.2) is 24.3 Å². The molecule has 2 rings (SSSR count). The van der Waals surface area contributed by atoms with Gasteiger partial charge in [0.05, 0.1) is 0 Å². The standard InChI is InChI=1S/C16H21NO3/c1-11-7-5-6-10-13(11)14(16(19)20)17-15(18)12-8-3-2-4-9-12/h5-7,10,12,14H,2-4,8-9H2,1H3,(H,17,18)(H,19,20). The number of benzene rings is 1. The Morgan fingerprint density at radius 2 is 1.85 bits per heavy atom. The fourth-order valence-electron chi connectivity index (χ4n) is 2.81. The van der Waals surface area contributed by atoms with Gasteiger partial charge in [-0.05, 0) is 30.9 Å². The Hall–Kier alpha value is -1.84. The lowest BCUT2D eigenvalue weighted by Crippen LogP contribution is -2.38. The molecule has 2 N–H and O–H groups in total. The van der Waals surface area contributed by atoms with Crippen LogP contribution in [-0.2, 0) is 9.59 Å². The van der Waals surface area contributed by atoms with Crippen molar-refractivity contribution in [2.45, 2.75) is 45.1 Å². The first-order valence-electron chi connectivity index (χ1n) is 7.18. The average Bonchev–Trinajstić information content (AvgIpc) is 2.46. The van der Waals surface area contributed by atoms with Gasteiger partial charge in [0.2, 0.25) is 5.91 Å². The van der Waals surface area contributed by atoms with Gasteiger partial charge in [0, 0.05) is 5.92 Å². The maximum Gasteiger partial charge on any atom is 0.330 e. The lowest BCUT2D eigenvalue weighted by atomic mass is 9.88. The largest absolute Gasteiger partial charge is 0.479 e. The maximum atomic E-state index is 12.2. The van der Waals surface area contributed by atoms with Gasteiger partial charge >= 0.3 is 5.97 Å². The summed E-state index contributed by atoms with van der Waals surface area (Å²) in [5.41, 5.74) is 1.54. The summed E-state index contributed by atoms with van der Waals surface area (Å²) in [5.74, 6) is -1.17. The van der Waals surface area contributed by atoms with Crippen LogP contribution in [0.3, 0.4) is 0 Å². The van der Waals surface area contributed by atoms with Gasteiger partial charge in [-0.25, -0.2) is 4.79 Å². The molecule has 20 heavy (non-hydrogen) atoms. The first kappa shape index (κ1) is 14.6. The second-order valence-corrected chi connectivity index (χ2v) is 5.47. The summed E-state index contributed by atoms with van der Waals surface area (Å²) >= 11 is 0. The first-order chi connectivity index (χ1) is 9.59. The zero-order valence-corrected chi connectivity index (χ0v) is 11.8. The Morgan fingerprint density at radius 3 is 2.45 bits per heavy atom. The maximum absolute atomic E-state index is 12.2. The van der Waals surface area contributed by atoms with E-state index < -0.39 is 12.0 Å². The van der Waals surface area contributed by atoms with E-state index in [1.807, 2.05) is 19.1 Å². The smallest absolute Gasteiger partial charge is 0.330 e. The molecule has 0 aliphatic heterocycles. The zero-order chi connectivity index (χ0) is 14.5. The summed E-state index contributed by atoms with van der Waals surface area (Å²) in [7, 11) is 0. The van der Waals surface area contributed by atoms with E-state index in [1.54, 1.807) is 12.1 Å². The molecule has 1 aromatic carbocycles. The quantitative estimate of drug-likeness (QED) is 0.888. The van der Waals surface area contributed by atoms with Crippen LogP contribution in [0.25, 0.3) is 0 Å². The second-order valence-electron chi connectivity index (χ2n) is 5.47. The van der Waals surface area contributed by atoms with Gasteiger partial charge in [-0.1, -0.05) is 43.5 Å². The molecule has 1 saturated carbocycles. The number of carbonyl (C=O) groups excluding carboxylic acids is 1. The van der Waals surface area contributed by atoms with Crippen LogP contribution in [0.1, 0.15) is 49.3 Å². The lowest BCUT2D eigenvalue weighted by molar-refractivity contribution is -0.142. The molecule has 1 atom stereocenters. The third-order valence-electron chi connectivity index (χ3n) is 4.01. The number of rotatable bonds is 4. The number of carboxylic acid groups (broad SMARTS) is 1. The van der Waals surface area contributed by atoms with E-state index in [0.717, 1.165) is 31.2 Å². The number of carboxylic acids is 1. The predicted molar refractivity (Wildman–Crippen MR) is 76.3 cm³/mol. The minimum atomic E-state index is -1.01. The molecular weight excluding hydrogens is 254 g/mol. The molecule has 1 aliphatic rings. The Labute approximate surface area is 119 Å². The van der Waals surface area contributed by atoms with Crippen LogP contribution in [0.5, 0.6) is 0 Å². The van der Waals surface area contributed by atoms with Crippen LogP contribution in [-0.4, -0.2) is 17.0 Å². The van der Waals surface area contributed by atoms with Gasteiger partial charge in [0.15, 0.2) is 6.04 Å². The van der Waals surface area contributed by atoms with E-state index in [2.05, 4.69) is 5.32 Å². The third kappa shape index (κ3) is 3.38. The van der Waals surface area contributed by atoms with Gasteiger partial charge in [-0.3, -0.25) is 4.79 Å². The van der Waals surface area contributed by atoms with Crippen molar-refractivity contribution in [3.8, 4) is 0 Å². The van der Waals surface area contributed by atoms with Crippen molar-refractivity contribution in [1.29, 1.82) is 0 Å². The summed E-state index contributed by atoms with van der Waals surface area (Å²) in [6.45, 7) is 1.86. The highest BCUT2D eigenvalue weighted by molar-refractivity contribution is 5.86. The van der Waals surface area contributed by atoms with Crippen molar-refractivity contribution in [2.24, 2.45) is 5.92 Å². The van der Waals surface area contributed by atoms with Crippen molar-refractivity contribution < 1.29 is 14.7 Å². The fourth-order valence-corrected chi connectivity index (χ4v) is 2.81. The van der Waals surface area contributed by atoms with Crippen LogP contribution in [0.4, 0.5) is 0 Å². The summed E-state index contributed by atoms with van der Waals surface area (Å²) in [6, 6.07) is 6.32. The van der Waals surface area contributed by atoms with Crippen molar-refractivity contribution >= 4 is 11.9 Å². The van der Waals surface area contributed by atoms with Crippen LogP contribution in [0, 0.1) is 12.8 Å². The molecule has 0 bridgehead atoms. The number of hydrogen-bond donors (Lipinski definition) is 2. The van der Waals surface area contributed by atoms with Crippen molar-refractivity contribution in [3.63, 3.8) is 0 Å². The highest BCUT2D eigenvalue weighted by atomic mass is 16.4. The molecule has 0 heterocycles. The van der Waals surface area contributed by atoms with Crippen molar-refractivity contribution in [2.75, 3.05) is 0 Å². The average molecular weight is 275 g/mol. The molecule has 1 fully saturated rings. The number of aryl methyl sites for hydroxylation is 1. The molecule has 0 spiro atoms. The second kappa shape index (κ2) is 6.55. The molecule has 1 unspecified atom stereocenters. The molecule has 4 heteroatoms. The minimum absolute atomic E-state index is 0.0328. The van der Waals surface area contributed by atoms with Gasteiger partial charge in [0.1, 0.15) is 0 Å². The Morgan fingerprint density at radius 1 is 1.20 bits per heavy atom. The number of aliphatic carboxylic acids is 1. The first-order valence-corrected chi connectivity index (χ1v) is 7.18. The van der Waals surface area contributed by atoms with Gasteiger partial charge in [-0.15, -0.1) is 0 Å². The molecule has 1 aliphatic carbocycles. The van der Waals surface area contributed by atoms with Gasteiger partial charge < -0.3 is 10.4 Å². The summed E-state index contributed by atoms with van der Waals surface area (Å²) in [6.07, 6.45) is 5.02. The highest BCUT2D eigenvalue weighted by Gasteiger charge is 2.28. The summed E-state index contributed by atoms with van der Waals surface area (Å²) in [5, 5.41) is 12.1. The predicted octanol–water partition coefficient (Wildman–Crippen LogP) is 2.82. The molecule has 1 aromatic rings. The summed E-state index contributed by atoms with van der Waals surface area (Å²) < 4.78 is 0. The molecule has 0 saturated heterocycles. The monoisotopic (exact) mass is 275 g/mol. The Bertz CT molecular complexity index is 492. The topological polar surface area (TPSA) is 66.4 Å². The summed E-state index contributed by atoms with van der Waals surface area (Å²) in [4.78, 5) is 23.7. The molecule has 0 radical (unpaired) electrons. The normalized spacial score (nSPS) is 17.4. The third-order valence-corrected chi connectivity index (χ3v) is 4.01. The Kier molecular flexibility index (Phi) is 4.77. The van der Waals surface area contributed by atoms with Crippen LogP contribution in [0.2, 0.25) is 0 Å². The van der Waals surface area contributed by atoms with Crippen molar-refractivity contribution in [3.05, 3.63) is 35.4 Å². The SMILES string of the molecule is Cc1ccccc1C(NC(=O)C1CCCCC1)C(=O)O. The van der Waals surface area contributed by atoms with Gasteiger partial charge in [0.25, 0.3) is 0 Å². The lowest BCUT2D eigenvalue weighted by Gasteiger charge is -2.24. The minimum Gasteiger partial charge on any atom is -0.479 e. The molecule has 4 nitrogen and oxygen atoms in total. The van der Waals surface area contributed by atoms with E-state index in [4.69, 9.17) is 0 Å². The number of hydrogen-bond acceptors (Lipinski definition) is 2. The zero-order valence-electron chi connectivity index (χ0n) is 11.8. The van der Waals surface area contributed by atoms with Crippen LogP contribution >= 0.6 is 0 Å². The molecule has 108 valence electrons. The highest BCUT2D eigenvalue weighted by Crippen LogP contribution is 2.25. The molecule has 1 amide bonds. The number of nitrogens with one attached hydrogen (secondary N) is 1. The molecule has 0 aromatic heterocycles. The van der Waals surface area contributed by atoms with E-state index in [9.17, 15) is 14.7 Å². The van der Waals surface area contributed by atoms with Crippen LogP contribution < -0.4 is 5.32 Å². The molecular formula is C16H21NO3. The number of carbonyl (C=O) groups is 2. The van der Waals surface area contributed by atoms with Crippen molar-refractivity contribution in [1.82, 2.24) is 5.32 Å². The Balaban J connectivity index is 2.12.